The Morgan fingerprint density at radius 3 is 2.70 bits per heavy atom. The molecule has 4 nitrogen and oxygen atoms in total. The average molecular weight is 271 g/mol. The first kappa shape index (κ1) is 13.0. The molecule has 1 heterocycles. The number of nitrogens with two attached hydrogens (primary N) is 1. The minimum Gasteiger partial charge on any atom is -0.494 e. The van der Waals surface area contributed by atoms with Crippen molar-refractivity contribution in [2.24, 2.45) is 0 Å². The summed E-state index contributed by atoms with van der Waals surface area (Å²) in [6, 6.07) is 7.87. The molecule has 0 atom stereocenters. The first-order chi connectivity index (χ1) is 9.79. The number of nitrogens with zero attached hydrogens (tertiary/aromatic N) is 2. The standard InChI is InChI=1S/C16H21N3O/c1-20-15-10-6-5-9-14(15)19-11-13(17)16(18-19)12-7-3-2-4-8-12/h5-6,9-12H,2-4,7-8,17H2,1H3. The molecule has 2 aromatic rings. The summed E-state index contributed by atoms with van der Waals surface area (Å²) in [5, 5.41) is 4.72. The molecule has 4 heteroatoms. The quantitative estimate of drug-likeness (QED) is 0.929. The summed E-state index contributed by atoms with van der Waals surface area (Å²) in [6.07, 6.45) is 8.21. The number of nitrogen functional groups attached to an aromatic ring is 1. The number of methoxy groups -OCH3 is 1. The van der Waals surface area contributed by atoms with E-state index in [1.165, 1.54) is 32.1 Å². The average Bonchev–Trinajstić information content (AvgIpc) is 2.90. The molecule has 1 fully saturated rings. The van der Waals surface area contributed by atoms with E-state index in [2.05, 4.69) is 0 Å². The molecule has 3 rings (SSSR count). The summed E-state index contributed by atoms with van der Waals surface area (Å²) in [6.45, 7) is 0. The Labute approximate surface area is 119 Å². The van der Waals surface area contributed by atoms with Crippen LogP contribution in [0.25, 0.3) is 5.69 Å². The molecule has 0 radical (unpaired) electrons. The van der Waals surface area contributed by atoms with E-state index in [0.29, 0.717) is 5.92 Å². The van der Waals surface area contributed by atoms with E-state index in [1.54, 1.807) is 7.11 Å². The highest BCUT2D eigenvalue weighted by Gasteiger charge is 2.21. The number of hydrogen-bond acceptors (Lipinski definition) is 3. The number of anilines is 1. The van der Waals surface area contributed by atoms with Crippen LogP contribution in [0, 0.1) is 0 Å². The van der Waals surface area contributed by atoms with E-state index < -0.39 is 0 Å². The van der Waals surface area contributed by atoms with Crippen molar-refractivity contribution < 1.29 is 4.74 Å². The van der Waals surface area contributed by atoms with Gasteiger partial charge in [0.25, 0.3) is 0 Å². The number of rotatable bonds is 3. The van der Waals surface area contributed by atoms with Crippen molar-refractivity contribution in [3.05, 3.63) is 36.2 Å². The summed E-state index contributed by atoms with van der Waals surface area (Å²) in [7, 11) is 1.67. The molecule has 106 valence electrons. The Morgan fingerprint density at radius 2 is 1.95 bits per heavy atom. The molecule has 1 aliphatic carbocycles. The Morgan fingerprint density at radius 1 is 1.20 bits per heavy atom. The fourth-order valence-electron chi connectivity index (χ4n) is 3.04. The van der Waals surface area contributed by atoms with Crippen molar-refractivity contribution in [1.29, 1.82) is 0 Å². The molecule has 0 unspecified atom stereocenters. The first-order valence-corrected chi connectivity index (χ1v) is 7.28. The fraction of sp³-hybridized carbons (Fsp3) is 0.438. The van der Waals surface area contributed by atoms with E-state index in [9.17, 15) is 0 Å². The number of hydrogen-bond donors (Lipinski definition) is 1. The second-order valence-corrected chi connectivity index (χ2v) is 5.42. The lowest BCUT2D eigenvalue weighted by Crippen LogP contribution is -2.08. The highest BCUT2D eigenvalue weighted by molar-refractivity contribution is 5.51. The third-order valence-corrected chi connectivity index (χ3v) is 4.10. The largest absolute Gasteiger partial charge is 0.494 e. The molecule has 2 N–H and O–H groups in total. The van der Waals surface area contributed by atoms with Gasteiger partial charge in [-0.15, -0.1) is 0 Å². The second-order valence-electron chi connectivity index (χ2n) is 5.42. The summed E-state index contributed by atoms with van der Waals surface area (Å²) in [4.78, 5) is 0. The second kappa shape index (κ2) is 5.57. The van der Waals surface area contributed by atoms with Crippen LogP contribution in [0.2, 0.25) is 0 Å². The number of ether oxygens (including phenoxy) is 1. The predicted octanol–water partition coefficient (Wildman–Crippen LogP) is 3.51. The molecule has 0 amide bonds. The van der Waals surface area contributed by atoms with Gasteiger partial charge in [-0.1, -0.05) is 31.4 Å². The van der Waals surface area contributed by atoms with Crippen LogP contribution in [0.5, 0.6) is 5.75 Å². The van der Waals surface area contributed by atoms with Crippen LogP contribution < -0.4 is 10.5 Å². The zero-order chi connectivity index (χ0) is 13.9. The third kappa shape index (κ3) is 2.38. The Kier molecular flexibility index (Phi) is 3.63. The maximum Gasteiger partial charge on any atom is 0.144 e. The smallest absolute Gasteiger partial charge is 0.144 e. The van der Waals surface area contributed by atoms with Gasteiger partial charge in [-0.05, 0) is 25.0 Å². The van der Waals surface area contributed by atoms with Gasteiger partial charge in [0.2, 0.25) is 0 Å². The van der Waals surface area contributed by atoms with Crippen LogP contribution in [0.4, 0.5) is 5.69 Å². The van der Waals surface area contributed by atoms with E-state index in [1.807, 2.05) is 35.1 Å². The van der Waals surface area contributed by atoms with Crippen molar-refractivity contribution in [3.8, 4) is 11.4 Å². The van der Waals surface area contributed by atoms with E-state index >= 15 is 0 Å². The van der Waals surface area contributed by atoms with E-state index in [0.717, 1.165) is 22.8 Å². The normalized spacial score (nSPS) is 16.2. The molecule has 20 heavy (non-hydrogen) atoms. The SMILES string of the molecule is COc1ccccc1-n1cc(N)c(C2CCCCC2)n1. The summed E-state index contributed by atoms with van der Waals surface area (Å²) in [5.41, 5.74) is 8.96. The van der Waals surface area contributed by atoms with Crippen LogP contribution in [0.1, 0.15) is 43.7 Å². The molecule has 1 saturated carbocycles. The topological polar surface area (TPSA) is 53.1 Å². The van der Waals surface area contributed by atoms with Crippen LogP contribution >= 0.6 is 0 Å². The van der Waals surface area contributed by atoms with Crippen molar-refractivity contribution in [2.45, 2.75) is 38.0 Å². The van der Waals surface area contributed by atoms with Gasteiger partial charge in [0.15, 0.2) is 0 Å². The summed E-state index contributed by atoms with van der Waals surface area (Å²) < 4.78 is 7.24. The number of benzene rings is 1. The van der Waals surface area contributed by atoms with Gasteiger partial charge in [-0.25, -0.2) is 4.68 Å². The Bertz CT molecular complexity index is 585. The minimum absolute atomic E-state index is 0.514. The molecule has 0 aliphatic heterocycles. The summed E-state index contributed by atoms with van der Waals surface area (Å²) in [5.74, 6) is 1.32. The lowest BCUT2D eigenvalue weighted by molar-refractivity contribution is 0.410. The van der Waals surface area contributed by atoms with Crippen LogP contribution in [0.3, 0.4) is 0 Å². The van der Waals surface area contributed by atoms with Gasteiger partial charge < -0.3 is 10.5 Å². The van der Waals surface area contributed by atoms with Gasteiger partial charge in [0.05, 0.1) is 24.7 Å². The third-order valence-electron chi connectivity index (χ3n) is 4.10. The summed E-state index contributed by atoms with van der Waals surface area (Å²) >= 11 is 0. The van der Waals surface area contributed by atoms with Crippen LogP contribution in [-0.2, 0) is 0 Å². The molecular weight excluding hydrogens is 250 g/mol. The first-order valence-electron chi connectivity index (χ1n) is 7.28. The van der Waals surface area contributed by atoms with Gasteiger partial charge >= 0.3 is 0 Å². The maximum absolute atomic E-state index is 6.18. The van der Waals surface area contributed by atoms with Crippen molar-refractivity contribution in [2.75, 3.05) is 12.8 Å². The predicted molar refractivity (Wildman–Crippen MR) is 80.4 cm³/mol. The lowest BCUT2D eigenvalue weighted by atomic mass is 9.86. The molecule has 0 bridgehead atoms. The minimum atomic E-state index is 0.514. The van der Waals surface area contributed by atoms with Crippen molar-refractivity contribution in [1.82, 2.24) is 9.78 Å². The Balaban J connectivity index is 1.95. The van der Waals surface area contributed by atoms with Gasteiger partial charge in [0, 0.05) is 5.92 Å². The van der Waals surface area contributed by atoms with Gasteiger partial charge in [-0.2, -0.15) is 5.10 Å². The fourth-order valence-corrected chi connectivity index (χ4v) is 3.04. The van der Waals surface area contributed by atoms with Gasteiger partial charge in [0.1, 0.15) is 11.4 Å². The van der Waals surface area contributed by atoms with E-state index in [4.69, 9.17) is 15.6 Å². The number of aromatic nitrogens is 2. The molecule has 0 spiro atoms. The van der Waals surface area contributed by atoms with Crippen LogP contribution in [-0.4, -0.2) is 16.9 Å². The van der Waals surface area contributed by atoms with Crippen molar-refractivity contribution >= 4 is 5.69 Å². The maximum atomic E-state index is 6.18. The monoisotopic (exact) mass is 271 g/mol. The molecule has 1 aromatic heterocycles. The zero-order valence-corrected chi connectivity index (χ0v) is 11.9. The van der Waals surface area contributed by atoms with Crippen molar-refractivity contribution in [3.63, 3.8) is 0 Å². The zero-order valence-electron chi connectivity index (χ0n) is 11.9. The molecular formula is C16H21N3O. The molecule has 0 saturated heterocycles. The highest BCUT2D eigenvalue weighted by Crippen LogP contribution is 2.35. The lowest BCUT2D eigenvalue weighted by Gasteiger charge is -2.20. The van der Waals surface area contributed by atoms with Gasteiger partial charge in [-0.3, -0.25) is 0 Å². The number of para-hydroxylation sites is 2. The van der Waals surface area contributed by atoms with Crippen LogP contribution in [0.15, 0.2) is 30.5 Å². The molecule has 1 aromatic carbocycles. The van der Waals surface area contributed by atoms with E-state index in [-0.39, 0.29) is 0 Å². The highest BCUT2D eigenvalue weighted by atomic mass is 16.5. The molecule has 1 aliphatic rings. The Hall–Kier alpha value is -1.97.